The number of rotatable bonds is 8. The molecule has 0 amide bonds. The third-order valence-corrected chi connectivity index (χ3v) is 8.23. The summed E-state index contributed by atoms with van der Waals surface area (Å²) in [5.41, 5.74) is 1.39. The Morgan fingerprint density at radius 1 is 1.20 bits per heavy atom. The molecule has 2 fully saturated rings. The Morgan fingerprint density at radius 3 is 2.73 bits per heavy atom. The van der Waals surface area contributed by atoms with E-state index in [2.05, 4.69) is 59.7 Å². The van der Waals surface area contributed by atoms with Crippen molar-refractivity contribution in [2.45, 2.75) is 76.8 Å². The van der Waals surface area contributed by atoms with Gasteiger partial charge in [0, 0.05) is 60.1 Å². The van der Waals surface area contributed by atoms with Gasteiger partial charge in [-0.05, 0) is 51.0 Å². The number of benzene rings is 1. The van der Waals surface area contributed by atoms with E-state index in [9.17, 15) is 4.21 Å². The Morgan fingerprint density at radius 2 is 2.00 bits per heavy atom. The maximum atomic E-state index is 12.2. The zero-order valence-electron chi connectivity index (χ0n) is 19.0. The summed E-state index contributed by atoms with van der Waals surface area (Å²) in [6.07, 6.45) is 5.60. The summed E-state index contributed by atoms with van der Waals surface area (Å²) in [6, 6.07) is 11.7. The summed E-state index contributed by atoms with van der Waals surface area (Å²) in [6.45, 7) is 10.4. The van der Waals surface area contributed by atoms with Crippen molar-refractivity contribution in [3.05, 3.63) is 35.9 Å². The number of likely N-dealkylation sites (tertiary alicyclic amines) is 1. The van der Waals surface area contributed by atoms with Gasteiger partial charge in [0.25, 0.3) is 0 Å². The molecule has 0 aromatic heterocycles. The predicted octanol–water partition coefficient (Wildman–Crippen LogP) is 3.53. The topological polar surface area (TPSA) is 56.7 Å². The minimum atomic E-state index is -0.689. The van der Waals surface area contributed by atoms with E-state index in [-0.39, 0.29) is 0 Å². The molecular weight excluding hydrogens is 392 g/mol. The lowest BCUT2D eigenvalue weighted by Crippen LogP contribution is -2.46. The molecule has 2 N–H and O–H groups in total. The summed E-state index contributed by atoms with van der Waals surface area (Å²) in [4.78, 5) is 7.53. The van der Waals surface area contributed by atoms with Gasteiger partial charge < -0.3 is 10.6 Å². The number of aliphatic imine (C=N–C) groups is 1. The minimum absolute atomic E-state index is 0.339. The zero-order valence-corrected chi connectivity index (χ0v) is 19.8. The van der Waals surface area contributed by atoms with Crippen molar-refractivity contribution in [3.8, 4) is 0 Å². The fourth-order valence-electron chi connectivity index (χ4n) is 4.87. The third-order valence-electron chi connectivity index (χ3n) is 6.49. The molecule has 5 unspecified atom stereocenters. The maximum absolute atomic E-state index is 12.2. The van der Waals surface area contributed by atoms with Gasteiger partial charge in [0.1, 0.15) is 0 Å². The van der Waals surface area contributed by atoms with Crippen LogP contribution >= 0.6 is 0 Å². The van der Waals surface area contributed by atoms with Gasteiger partial charge in [0.15, 0.2) is 5.96 Å². The highest BCUT2D eigenvalue weighted by molar-refractivity contribution is 7.85. The molecule has 5 nitrogen and oxygen atoms in total. The Labute approximate surface area is 185 Å². The van der Waals surface area contributed by atoms with Crippen molar-refractivity contribution in [1.29, 1.82) is 0 Å². The van der Waals surface area contributed by atoms with E-state index in [1.165, 1.54) is 12.0 Å². The van der Waals surface area contributed by atoms with E-state index >= 15 is 0 Å². The highest BCUT2D eigenvalue weighted by Crippen LogP contribution is 2.25. The molecule has 1 aromatic carbocycles. The van der Waals surface area contributed by atoms with Crippen molar-refractivity contribution in [1.82, 2.24) is 15.5 Å². The molecule has 1 heterocycles. The van der Waals surface area contributed by atoms with Crippen LogP contribution in [0.1, 0.15) is 58.4 Å². The molecule has 0 spiro atoms. The lowest BCUT2D eigenvalue weighted by atomic mass is 9.95. The van der Waals surface area contributed by atoms with Crippen LogP contribution in [0.25, 0.3) is 0 Å². The summed E-state index contributed by atoms with van der Waals surface area (Å²) in [7, 11) is -0.689. The van der Waals surface area contributed by atoms with E-state index in [1.54, 1.807) is 0 Å². The van der Waals surface area contributed by atoms with Crippen LogP contribution in [0.15, 0.2) is 35.3 Å². The van der Waals surface area contributed by atoms with Crippen LogP contribution in [-0.2, 0) is 17.3 Å². The SMILES string of the molecule is CCNC(=NCC1CC(C)N(Cc2ccccc2)C1)NC1CCCC(S(=O)CC)C1. The number of hydrogen-bond donors (Lipinski definition) is 2. The first-order chi connectivity index (χ1) is 14.6. The van der Waals surface area contributed by atoms with Crippen molar-refractivity contribution in [2.75, 3.05) is 25.4 Å². The summed E-state index contributed by atoms with van der Waals surface area (Å²) >= 11 is 0. The fraction of sp³-hybridized carbons (Fsp3) is 0.708. The van der Waals surface area contributed by atoms with E-state index in [0.29, 0.717) is 23.3 Å². The van der Waals surface area contributed by atoms with Gasteiger partial charge in [-0.2, -0.15) is 0 Å². The number of guanidine groups is 1. The van der Waals surface area contributed by atoms with Gasteiger partial charge in [-0.25, -0.2) is 0 Å². The van der Waals surface area contributed by atoms with Crippen molar-refractivity contribution >= 4 is 16.8 Å². The molecule has 1 saturated heterocycles. The van der Waals surface area contributed by atoms with E-state index in [4.69, 9.17) is 4.99 Å². The van der Waals surface area contributed by atoms with Gasteiger partial charge in [0.2, 0.25) is 0 Å². The Hall–Kier alpha value is -1.40. The quantitative estimate of drug-likeness (QED) is 0.487. The fourth-order valence-corrected chi connectivity index (χ4v) is 6.22. The first kappa shape index (κ1) is 23.3. The van der Waals surface area contributed by atoms with Crippen LogP contribution in [-0.4, -0.2) is 57.8 Å². The second-order valence-electron chi connectivity index (χ2n) is 8.88. The largest absolute Gasteiger partial charge is 0.357 e. The van der Waals surface area contributed by atoms with E-state index in [0.717, 1.165) is 63.6 Å². The normalized spacial score (nSPS) is 29.0. The molecule has 0 bridgehead atoms. The van der Waals surface area contributed by atoms with Gasteiger partial charge in [0.05, 0.1) is 0 Å². The molecular formula is C24H40N4OS. The summed E-state index contributed by atoms with van der Waals surface area (Å²) in [5, 5.41) is 7.41. The number of hydrogen-bond acceptors (Lipinski definition) is 3. The third kappa shape index (κ3) is 6.81. The van der Waals surface area contributed by atoms with Crippen LogP contribution in [0, 0.1) is 5.92 Å². The predicted molar refractivity (Wildman–Crippen MR) is 128 cm³/mol. The van der Waals surface area contributed by atoms with E-state index < -0.39 is 10.8 Å². The second-order valence-corrected chi connectivity index (χ2v) is 10.9. The molecule has 6 heteroatoms. The maximum Gasteiger partial charge on any atom is 0.191 e. The molecule has 5 atom stereocenters. The molecule has 1 saturated carbocycles. The van der Waals surface area contributed by atoms with Crippen LogP contribution in [0.5, 0.6) is 0 Å². The Balaban J connectivity index is 1.52. The van der Waals surface area contributed by atoms with Crippen LogP contribution in [0.3, 0.4) is 0 Å². The van der Waals surface area contributed by atoms with Gasteiger partial charge >= 0.3 is 0 Å². The minimum Gasteiger partial charge on any atom is -0.357 e. The monoisotopic (exact) mass is 432 g/mol. The smallest absolute Gasteiger partial charge is 0.191 e. The van der Waals surface area contributed by atoms with Gasteiger partial charge in [-0.3, -0.25) is 14.1 Å². The van der Waals surface area contributed by atoms with Crippen LogP contribution in [0.4, 0.5) is 0 Å². The van der Waals surface area contributed by atoms with Gasteiger partial charge in [-0.1, -0.05) is 43.7 Å². The Kier molecular flexibility index (Phi) is 9.19. The highest BCUT2D eigenvalue weighted by Gasteiger charge is 2.29. The second kappa shape index (κ2) is 11.8. The molecule has 168 valence electrons. The molecule has 1 aliphatic heterocycles. The number of nitrogens with zero attached hydrogens (tertiary/aromatic N) is 2. The average molecular weight is 433 g/mol. The van der Waals surface area contributed by atoms with Crippen LogP contribution in [0.2, 0.25) is 0 Å². The first-order valence-electron chi connectivity index (χ1n) is 11.8. The van der Waals surface area contributed by atoms with Crippen molar-refractivity contribution in [3.63, 3.8) is 0 Å². The molecule has 1 aliphatic carbocycles. The van der Waals surface area contributed by atoms with Crippen LogP contribution < -0.4 is 10.6 Å². The summed E-state index contributed by atoms with van der Waals surface area (Å²) in [5.74, 6) is 2.30. The highest BCUT2D eigenvalue weighted by atomic mass is 32.2. The zero-order chi connectivity index (χ0) is 21.3. The molecule has 30 heavy (non-hydrogen) atoms. The Bertz CT molecular complexity index is 696. The van der Waals surface area contributed by atoms with Crippen molar-refractivity contribution < 1.29 is 4.21 Å². The van der Waals surface area contributed by atoms with Gasteiger partial charge in [-0.15, -0.1) is 0 Å². The summed E-state index contributed by atoms with van der Waals surface area (Å²) < 4.78 is 12.2. The molecule has 2 aliphatic rings. The van der Waals surface area contributed by atoms with Crippen molar-refractivity contribution in [2.24, 2.45) is 10.9 Å². The lowest BCUT2D eigenvalue weighted by molar-refractivity contribution is 0.256. The first-order valence-corrected chi connectivity index (χ1v) is 13.2. The number of nitrogens with one attached hydrogen (secondary N) is 2. The molecule has 3 rings (SSSR count). The molecule has 1 aromatic rings. The molecule has 0 radical (unpaired) electrons. The van der Waals surface area contributed by atoms with E-state index in [1.807, 2.05) is 6.92 Å². The standard InChI is InChI=1S/C24H40N4OS/c1-4-25-24(27-22-12-9-13-23(15-22)30(29)5-2)26-16-21-14-19(3)28(18-21)17-20-10-7-6-8-11-20/h6-8,10-11,19,21-23H,4-5,9,12-18H2,1-3H3,(H2,25,26,27). The lowest BCUT2D eigenvalue weighted by Gasteiger charge is -2.30. The average Bonchev–Trinajstić information content (AvgIpc) is 3.11.